The number of carbonyl (C=O) groups excluding carboxylic acids is 1. The summed E-state index contributed by atoms with van der Waals surface area (Å²) < 4.78 is 32.6. The van der Waals surface area contributed by atoms with Gasteiger partial charge in [-0.2, -0.15) is 0 Å². The summed E-state index contributed by atoms with van der Waals surface area (Å²) in [5.74, 6) is -2.31. The van der Waals surface area contributed by atoms with Crippen LogP contribution < -0.4 is 0 Å². The number of esters is 1. The molecule has 0 spiro atoms. The average Bonchev–Trinajstić information content (AvgIpc) is 3.01. The SMILES string of the molecule is COC(=O)C1CN(Cc2ccccc2)CC1c1cc(F)ccc1F. The van der Waals surface area contributed by atoms with Gasteiger partial charge in [0.1, 0.15) is 11.6 Å². The molecule has 0 bridgehead atoms. The van der Waals surface area contributed by atoms with E-state index < -0.39 is 23.5 Å². The van der Waals surface area contributed by atoms with Crippen LogP contribution in [-0.2, 0) is 16.1 Å². The lowest BCUT2D eigenvalue weighted by Gasteiger charge is -2.17. The summed E-state index contributed by atoms with van der Waals surface area (Å²) in [6, 6.07) is 13.2. The first-order chi connectivity index (χ1) is 11.6. The molecule has 0 N–H and O–H groups in total. The van der Waals surface area contributed by atoms with Crippen molar-refractivity contribution in [2.75, 3.05) is 20.2 Å². The van der Waals surface area contributed by atoms with E-state index >= 15 is 0 Å². The number of nitrogens with zero attached hydrogens (tertiary/aromatic N) is 1. The zero-order valence-corrected chi connectivity index (χ0v) is 13.4. The van der Waals surface area contributed by atoms with Crippen LogP contribution in [-0.4, -0.2) is 31.1 Å². The summed E-state index contributed by atoms with van der Waals surface area (Å²) >= 11 is 0. The quantitative estimate of drug-likeness (QED) is 0.805. The molecule has 3 rings (SSSR count). The highest BCUT2D eigenvalue weighted by Crippen LogP contribution is 2.35. The van der Waals surface area contributed by atoms with Crippen LogP contribution in [0.4, 0.5) is 8.78 Å². The average molecular weight is 331 g/mol. The van der Waals surface area contributed by atoms with Crippen molar-refractivity contribution in [3.8, 4) is 0 Å². The van der Waals surface area contributed by atoms with Crippen molar-refractivity contribution in [1.29, 1.82) is 0 Å². The molecule has 1 fully saturated rings. The Kier molecular flexibility index (Phi) is 4.90. The molecule has 1 aliphatic rings. The predicted octanol–water partition coefficient (Wildman–Crippen LogP) is 3.35. The number of carbonyl (C=O) groups is 1. The van der Waals surface area contributed by atoms with Gasteiger partial charge in [0.05, 0.1) is 13.0 Å². The van der Waals surface area contributed by atoms with Crippen molar-refractivity contribution >= 4 is 5.97 Å². The Hall–Kier alpha value is -2.27. The zero-order chi connectivity index (χ0) is 17.1. The molecule has 126 valence electrons. The summed E-state index contributed by atoms with van der Waals surface area (Å²) in [6.45, 7) is 1.60. The van der Waals surface area contributed by atoms with E-state index in [-0.39, 0.29) is 11.5 Å². The van der Waals surface area contributed by atoms with Crippen molar-refractivity contribution < 1.29 is 18.3 Å². The molecule has 3 nitrogen and oxygen atoms in total. The Morgan fingerprint density at radius 2 is 1.92 bits per heavy atom. The van der Waals surface area contributed by atoms with Crippen LogP contribution in [0.1, 0.15) is 17.0 Å². The number of hydrogen-bond donors (Lipinski definition) is 0. The third kappa shape index (κ3) is 3.46. The summed E-state index contributed by atoms with van der Waals surface area (Å²) in [7, 11) is 1.32. The van der Waals surface area contributed by atoms with Gasteiger partial charge in [0, 0.05) is 25.6 Å². The van der Waals surface area contributed by atoms with Crippen LogP contribution in [0.15, 0.2) is 48.5 Å². The predicted molar refractivity (Wildman–Crippen MR) is 86.3 cm³/mol. The minimum Gasteiger partial charge on any atom is -0.469 e. The van der Waals surface area contributed by atoms with Crippen LogP contribution in [0.3, 0.4) is 0 Å². The van der Waals surface area contributed by atoms with Crippen molar-refractivity contribution in [2.45, 2.75) is 12.5 Å². The van der Waals surface area contributed by atoms with Gasteiger partial charge in [-0.05, 0) is 29.3 Å². The molecule has 0 aromatic heterocycles. The maximum Gasteiger partial charge on any atom is 0.310 e. The summed E-state index contributed by atoms with van der Waals surface area (Å²) in [4.78, 5) is 14.2. The van der Waals surface area contributed by atoms with E-state index in [4.69, 9.17) is 4.74 Å². The Morgan fingerprint density at radius 3 is 2.62 bits per heavy atom. The molecule has 1 saturated heterocycles. The molecule has 0 amide bonds. The number of halogens is 2. The molecule has 0 radical (unpaired) electrons. The van der Waals surface area contributed by atoms with Gasteiger partial charge in [-0.1, -0.05) is 30.3 Å². The summed E-state index contributed by atoms with van der Waals surface area (Å²) in [5.41, 5.74) is 1.35. The highest BCUT2D eigenvalue weighted by Gasteiger charge is 2.40. The largest absolute Gasteiger partial charge is 0.469 e. The van der Waals surface area contributed by atoms with E-state index in [9.17, 15) is 13.6 Å². The van der Waals surface area contributed by atoms with Gasteiger partial charge in [-0.25, -0.2) is 8.78 Å². The molecule has 24 heavy (non-hydrogen) atoms. The molecule has 1 aliphatic heterocycles. The van der Waals surface area contributed by atoms with Gasteiger partial charge < -0.3 is 4.74 Å². The van der Waals surface area contributed by atoms with Gasteiger partial charge in [0.15, 0.2) is 0 Å². The first kappa shape index (κ1) is 16.6. The monoisotopic (exact) mass is 331 g/mol. The van der Waals surface area contributed by atoms with E-state index in [2.05, 4.69) is 4.90 Å². The second-order valence-electron chi connectivity index (χ2n) is 6.08. The maximum absolute atomic E-state index is 14.2. The van der Waals surface area contributed by atoms with Gasteiger partial charge >= 0.3 is 5.97 Å². The van der Waals surface area contributed by atoms with Crippen molar-refractivity contribution in [1.82, 2.24) is 4.90 Å². The molecule has 2 aromatic rings. The Morgan fingerprint density at radius 1 is 1.17 bits per heavy atom. The van der Waals surface area contributed by atoms with Crippen molar-refractivity contribution in [3.05, 3.63) is 71.3 Å². The fraction of sp³-hybridized carbons (Fsp3) is 0.316. The van der Waals surface area contributed by atoms with Gasteiger partial charge in [-0.3, -0.25) is 9.69 Å². The van der Waals surface area contributed by atoms with Crippen LogP contribution in [0.25, 0.3) is 0 Å². The van der Waals surface area contributed by atoms with E-state index in [1.54, 1.807) is 0 Å². The first-order valence-electron chi connectivity index (χ1n) is 7.87. The second kappa shape index (κ2) is 7.09. The van der Waals surface area contributed by atoms with Crippen LogP contribution in [0.2, 0.25) is 0 Å². The summed E-state index contributed by atoms with van der Waals surface area (Å²) in [6.07, 6.45) is 0. The molecular weight excluding hydrogens is 312 g/mol. The number of likely N-dealkylation sites (tertiary alicyclic amines) is 1. The first-order valence-corrected chi connectivity index (χ1v) is 7.87. The molecule has 0 saturated carbocycles. The number of rotatable bonds is 4. The molecule has 1 heterocycles. The molecular formula is C19H19F2NO2. The normalized spacial score (nSPS) is 21.0. The van der Waals surface area contributed by atoms with Crippen molar-refractivity contribution in [3.63, 3.8) is 0 Å². The minimum atomic E-state index is -0.505. The van der Waals surface area contributed by atoms with Gasteiger partial charge in [0.25, 0.3) is 0 Å². The minimum absolute atomic E-state index is 0.237. The van der Waals surface area contributed by atoms with Gasteiger partial charge in [-0.15, -0.1) is 0 Å². The number of ether oxygens (including phenoxy) is 1. The fourth-order valence-electron chi connectivity index (χ4n) is 3.36. The number of benzene rings is 2. The standard InChI is InChI=1S/C19H19F2NO2/c1-24-19(23)17-12-22(10-13-5-3-2-4-6-13)11-16(17)15-9-14(20)7-8-18(15)21/h2-9,16-17H,10-12H2,1H3. The van der Waals surface area contributed by atoms with Crippen LogP contribution in [0, 0.1) is 17.6 Å². The molecule has 2 aromatic carbocycles. The fourth-order valence-corrected chi connectivity index (χ4v) is 3.36. The lowest BCUT2D eigenvalue weighted by molar-refractivity contribution is -0.145. The van der Waals surface area contributed by atoms with E-state index in [0.717, 1.165) is 17.7 Å². The van der Waals surface area contributed by atoms with E-state index in [1.165, 1.54) is 13.2 Å². The molecule has 2 unspecified atom stereocenters. The van der Waals surface area contributed by atoms with E-state index in [1.807, 2.05) is 30.3 Å². The lowest BCUT2D eigenvalue weighted by atomic mass is 9.88. The van der Waals surface area contributed by atoms with Crippen LogP contribution in [0.5, 0.6) is 0 Å². The van der Waals surface area contributed by atoms with Gasteiger partial charge in [0.2, 0.25) is 0 Å². The lowest BCUT2D eigenvalue weighted by Crippen LogP contribution is -2.24. The molecule has 0 aliphatic carbocycles. The smallest absolute Gasteiger partial charge is 0.310 e. The Labute approximate surface area is 139 Å². The number of hydrogen-bond acceptors (Lipinski definition) is 3. The Bertz CT molecular complexity index is 721. The summed E-state index contributed by atoms with van der Waals surface area (Å²) in [5, 5.41) is 0. The van der Waals surface area contributed by atoms with E-state index in [0.29, 0.717) is 19.6 Å². The highest BCUT2D eigenvalue weighted by molar-refractivity contribution is 5.74. The second-order valence-corrected chi connectivity index (χ2v) is 6.08. The third-order valence-electron chi connectivity index (χ3n) is 4.51. The zero-order valence-electron chi connectivity index (χ0n) is 13.4. The highest BCUT2D eigenvalue weighted by atomic mass is 19.1. The number of methoxy groups -OCH3 is 1. The Balaban J connectivity index is 1.86. The molecule has 2 atom stereocenters. The third-order valence-corrected chi connectivity index (χ3v) is 4.51. The van der Waals surface area contributed by atoms with Crippen LogP contribution >= 0.6 is 0 Å². The topological polar surface area (TPSA) is 29.5 Å². The van der Waals surface area contributed by atoms with Crippen molar-refractivity contribution in [2.24, 2.45) is 5.92 Å². The molecule has 5 heteroatoms. The maximum atomic E-state index is 14.2.